The van der Waals surface area contributed by atoms with Crippen LogP contribution in [-0.2, 0) is 18.7 Å². The number of thioether (sulfide) groups is 1. The maximum absolute atomic E-state index is 13.2. The molecule has 0 atom stereocenters. The summed E-state index contributed by atoms with van der Waals surface area (Å²) in [5.41, 5.74) is 5.25. The Bertz CT molecular complexity index is 616. The molecule has 0 saturated carbocycles. The quantitative estimate of drug-likeness (QED) is 0.852. The highest BCUT2D eigenvalue weighted by Gasteiger charge is 2.19. The molecule has 0 saturated heterocycles. The molecule has 21 heavy (non-hydrogen) atoms. The van der Waals surface area contributed by atoms with Gasteiger partial charge in [0, 0.05) is 30.2 Å². The molecular formula is C17H21FN2S. The lowest BCUT2D eigenvalue weighted by atomic mass is 10.1. The molecule has 0 N–H and O–H groups in total. The molecule has 0 fully saturated rings. The molecule has 1 aromatic carbocycles. The van der Waals surface area contributed by atoms with Gasteiger partial charge in [0.1, 0.15) is 5.82 Å². The van der Waals surface area contributed by atoms with Crippen molar-refractivity contribution in [2.45, 2.75) is 18.7 Å². The molecule has 0 bridgehead atoms. The highest BCUT2D eigenvalue weighted by molar-refractivity contribution is 7.98. The molecular weight excluding hydrogens is 283 g/mol. The third-order valence-corrected chi connectivity index (χ3v) is 4.96. The van der Waals surface area contributed by atoms with Crippen LogP contribution in [0.1, 0.15) is 11.3 Å². The SMILES string of the molecule is CN(C)CCn1c(-c2ccc(F)cc2)cc2c1CCSC2. The molecule has 1 aromatic heterocycles. The summed E-state index contributed by atoms with van der Waals surface area (Å²) in [6.07, 6.45) is 1.13. The van der Waals surface area contributed by atoms with Crippen LogP contribution in [0.5, 0.6) is 0 Å². The van der Waals surface area contributed by atoms with E-state index in [1.54, 1.807) is 12.1 Å². The van der Waals surface area contributed by atoms with Crippen LogP contribution < -0.4 is 0 Å². The second-order valence-electron chi connectivity index (χ2n) is 5.77. The lowest BCUT2D eigenvalue weighted by molar-refractivity contribution is 0.382. The van der Waals surface area contributed by atoms with Crippen LogP contribution in [0.25, 0.3) is 11.3 Å². The van der Waals surface area contributed by atoms with Gasteiger partial charge in [-0.05, 0) is 67.7 Å². The Morgan fingerprint density at radius 3 is 2.71 bits per heavy atom. The van der Waals surface area contributed by atoms with Crippen LogP contribution in [-0.4, -0.2) is 35.9 Å². The normalized spacial score (nSPS) is 14.5. The van der Waals surface area contributed by atoms with Crippen molar-refractivity contribution < 1.29 is 4.39 Å². The van der Waals surface area contributed by atoms with E-state index in [1.165, 1.54) is 22.7 Å². The minimum absolute atomic E-state index is 0.175. The third-order valence-electron chi connectivity index (χ3n) is 3.95. The fourth-order valence-electron chi connectivity index (χ4n) is 2.83. The van der Waals surface area contributed by atoms with Crippen molar-refractivity contribution in [3.05, 3.63) is 47.4 Å². The Labute approximate surface area is 130 Å². The van der Waals surface area contributed by atoms with E-state index in [-0.39, 0.29) is 5.82 Å². The Hall–Kier alpha value is -1.26. The molecule has 3 rings (SSSR count). The van der Waals surface area contributed by atoms with Gasteiger partial charge in [0.2, 0.25) is 0 Å². The fraction of sp³-hybridized carbons (Fsp3) is 0.412. The molecule has 0 radical (unpaired) electrons. The van der Waals surface area contributed by atoms with Crippen LogP contribution >= 0.6 is 11.8 Å². The minimum atomic E-state index is -0.175. The van der Waals surface area contributed by atoms with E-state index in [2.05, 4.69) is 29.6 Å². The zero-order chi connectivity index (χ0) is 14.8. The first kappa shape index (κ1) is 14.7. The van der Waals surface area contributed by atoms with Crippen LogP contribution in [0, 0.1) is 5.82 Å². The average Bonchev–Trinajstić information content (AvgIpc) is 2.84. The van der Waals surface area contributed by atoms with E-state index in [1.807, 2.05) is 23.9 Å². The summed E-state index contributed by atoms with van der Waals surface area (Å²) in [5, 5.41) is 0. The van der Waals surface area contributed by atoms with E-state index < -0.39 is 0 Å². The monoisotopic (exact) mass is 304 g/mol. The van der Waals surface area contributed by atoms with Gasteiger partial charge in [-0.15, -0.1) is 0 Å². The van der Waals surface area contributed by atoms with Crippen LogP contribution in [0.2, 0.25) is 0 Å². The number of rotatable bonds is 4. The van der Waals surface area contributed by atoms with Gasteiger partial charge in [-0.3, -0.25) is 0 Å². The first-order chi connectivity index (χ1) is 10.1. The second kappa shape index (κ2) is 6.24. The first-order valence-electron chi connectivity index (χ1n) is 7.35. The molecule has 112 valence electrons. The number of aromatic nitrogens is 1. The van der Waals surface area contributed by atoms with E-state index >= 15 is 0 Å². The third kappa shape index (κ3) is 3.16. The van der Waals surface area contributed by atoms with Crippen LogP contribution in [0.3, 0.4) is 0 Å². The van der Waals surface area contributed by atoms with Crippen molar-refractivity contribution in [3.8, 4) is 11.3 Å². The predicted octanol–water partition coefficient (Wildman–Crippen LogP) is 3.65. The van der Waals surface area contributed by atoms with Crippen molar-refractivity contribution in [2.24, 2.45) is 0 Å². The summed E-state index contributed by atoms with van der Waals surface area (Å²) >= 11 is 2.00. The van der Waals surface area contributed by atoms with Gasteiger partial charge in [-0.1, -0.05) is 0 Å². The van der Waals surface area contributed by atoms with Gasteiger partial charge in [-0.2, -0.15) is 11.8 Å². The molecule has 2 nitrogen and oxygen atoms in total. The molecule has 1 aliphatic rings. The zero-order valence-electron chi connectivity index (χ0n) is 12.6. The van der Waals surface area contributed by atoms with Gasteiger partial charge in [0.05, 0.1) is 0 Å². The number of halogens is 1. The largest absolute Gasteiger partial charge is 0.343 e. The van der Waals surface area contributed by atoms with Crippen molar-refractivity contribution in [2.75, 3.05) is 26.4 Å². The highest BCUT2D eigenvalue weighted by atomic mass is 32.2. The Morgan fingerprint density at radius 1 is 1.24 bits per heavy atom. The number of hydrogen-bond donors (Lipinski definition) is 0. The van der Waals surface area contributed by atoms with Crippen LogP contribution in [0.15, 0.2) is 30.3 Å². The molecule has 0 unspecified atom stereocenters. The Morgan fingerprint density at radius 2 is 2.00 bits per heavy atom. The summed E-state index contributed by atoms with van der Waals surface area (Å²) in [4.78, 5) is 2.21. The molecule has 1 aliphatic heterocycles. The molecule has 2 aromatic rings. The highest BCUT2D eigenvalue weighted by Crippen LogP contribution is 2.32. The van der Waals surface area contributed by atoms with Gasteiger partial charge in [0.15, 0.2) is 0 Å². The molecule has 0 spiro atoms. The number of nitrogens with zero attached hydrogens (tertiary/aromatic N) is 2. The molecule has 4 heteroatoms. The van der Waals surface area contributed by atoms with Gasteiger partial charge < -0.3 is 9.47 Å². The topological polar surface area (TPSA) is 8.17 Å². The fourth-order valence-corrected chi connectivity index (χ4v) is 3.78. The summed E-state index contributed by atoms with van der Waals surface area (Å²) in [6, 6.07) is 9.16. The molecule has 2 heterocycles. The van der Waals surface area contributed by atoms with Crippen molar-refractivity contribution in [1.29, 1.82) is 0 Å². The Kier molecular flexibility index (Phi) is 4.36. The maximum atomic E-state index is 13.2. The smallest absolute Gasteiger partial charge is 0.123 e. The lowest BCUT2D eigenvalue weighted by Gasteiger charge is -2.19. The first-order valence-corrected chi connectivity index (χ1v) is 8.50. The van der Waals surface area contributed by atoms with Crippen LogP contribution in [0.4, 0.5) is 4.39 Å². The number of fused-ring (bicyclic) bond motifs is 1. The number of likely N-dealkylation sites (N-methyl/N-ethyl adjacent to an activating group) is 1. The Balaban J connectivity index is 2.01. The van der Waals surface area contributed by atoms with Crippen molar-refractivity contribution in [1.82, 2.24) is 9.47 Å². The van der Waals surface area contributed by atoms with Gasteiger partial charge in [0.25, 0.3) is 0 Å². The summed E-state index contributed by atoms with van der Waals surface area (Å²) in [7, 11) is 4.20. The summed E-state index contributed by atoms with van der Waals surface area (Å²) < 4.78 is 15.6. The predicted molar refractivity (Wildman–Crippen MR) is 88.2 cm³/mol. The van der Waals surface area contributed by atoms with E-state index in [9.17, 15) is 4.39 Å². The zero-order valence-corrected chi connectivity index (χ0v) is 13.4. The second-order valence-corrected chi connectivity index (χ2v) is 6.87. The summed E-state index contributed by atoms with van der Waals surface area (Å²) in [6.45, 7) is 2.00. The lowest BCUT2D eigenvalue weighted by Crippen LogP contribution is -2.20. The number of benzene rings is 1. The number of hydrogen-bond acceptors (Lipinski definition) is 2. The summed E-state index contributed by atoms with van der Waals surface area (Å²) in [5.74, 6) is 2.12. The van der Waals surface area contributed by atoms with Crippen molar-refractivity contribution >= 4 is 11.8 Å². The van der Waals surface area contributed by atoms with Gasteiger partial charge >= 0.3 is 0 Å². The van der Waals surface area contributed by atoms with E-state index in [4.69, 9.17) is 0 Å². The average molecular weight is 304 g/mol. The molecule has 0 aliphatic carbocycles. The molecule has 0 amide bonds. The minimum Gasteiger partial charge on any atom is -0.343 e. The van der Waals surface area contributed by atoms with Crippen molar-refractivity contribution in [3.63, 3.8) is 0 Å². The van der Waals surface area contributed by atoms with E-state index in [0.717, 1.165) is 30.8 Å². The standard InChI is InChI=1S/C17H21FN2S/c1-19(2)8-9-20-16-7-10-21-12-14(16)11-17(20)13-3-5-15(18)6-4-13/h3-6,11H,7-10,12H2,1-2H3. The van der Waals surface area contributed by atoms with Gasteiger partial charge in [-0.25, -0.2) is 4.39 Å². The van der Waals surface area contributed by atoms with E-state index in [0.29, 0.717) is 0 Å². The maximum Gasteiger partial charge on any atom is 0.123 e.